The van der Waals surface area contributed by atoms with E-state index in [2.05, 4.69) is 15.2 Å². The summed E-state index contributed by atoms with van der Waals surface area (Å²) in [5.41, 5.74) is 0. The summed E-state index contributed by atoms with van der Waals surface area (Å²) in [6, 6.07) is 4.96. The molecule has 3 nitrogen and oxygen atoms in total. The molecule has 92 valence electrons. The maximum Gasteiger partial charge on any atom is 0.145 e. The number of nitrogens with zero attached hydrogens (tertiary/aromatic N) is 2. The lowest BCUT2D eigenvalue weighted by molar-refractivity contribution is 0.192. The van der Waals surface area contributed by atoms with Gasteiger partial charge in [-0.1, -0.05) is 18.0 Å². The number of aromatic nitrogens is 1. The van der Waals surface area contributed by atoms with Gasteiger partial charge in [-0.05, 0) is 37.9 Å². The van der Waals surface area contributed by atoms with E-state index >= 15 is 0 Å². The number of pyridine rings is 1. The predicted octanol–water partition coefficient (Wildman–Crippen LogP) is 2.77. The summed E-state index contributed by atoms with van der Waals surface area (Å²) in [5, 5.41) is 4.25. The Balaban J connectivity index is 1.71. The number of piperidine rings is 1. The van der Waals surface area contributed by atoms with Crippen molar-refractivity contribution in [3.63, 3.8) is 0 Å². The number of anilines is 1. The molecule has 17 heavy (non-hydrogen) atoms. The summed E-state index contributed by atoms with van der Waals surface area (Å²) in [5.74, 6) is 0.839. The third-order valence-electron chi connectivity index (χ3n) is 3.94. The van der Waals surface area contributed by atoms with E-state index in [0.717, 1.165) is 10.8 Å². The fourth-order valence-electron chi connectivity index (χ4n) is 3.08. The zero-order chi connectivity index (χ0) is 11.7. The Bertz CT molecular complexity index is 396. The molecule has 2 atom stereocenters. The van der Waals surface area contributed by atoms with Gasteiger partial charge in [0.05, 0.1) is 5.02 Å². The molecule has 4 heteroatoms. The van der Waals surface area contributed by atoms with Crippen molar-refractivity contribution in [1.29, 1.82) is 0 Å². The summed E-state index contributed by atoms with van der Waals surface area (Å²) in [7, 11) is 0. The highest BCUT2D eigenvalue weighted by Crippen LogP contribution is 2.30. The Morgan fingerprint density at radius 3 is 3.12 bits per heavy atom. The topological polar surface area (TPSA) is 28.2 Å². The summed E-state index contributed by atoms with van der Waals surface area (Å²) in [6.45, 7) is 2.48. The van der Waals surface area contributed by atoms with Crippen LogP contribution in [0.1, 0.15) is 25.7 Å². The van der Waals surface area contributed by atoms with Gasteiger partial charge < -0.3 is 5.32 Å². The van der Waals surface area contributed by atoms with Crippen LogP contribution in [-0.2, 0) is 0 Å². The largest absolute Gasteiger partial charge is 0.364 e. The molecule has 1 N–H and O–H groups in total. The van der Waals surface area contributed by atoms with E-state index in [1.807, 2.05) is 12.1 Å². The van der Waals surface area contributed by atoms with Crippen LogP contribution in [0.3, 0.4) is 0 Å². The second-order valence-electron chi connectivity index (χ2n) is 4.97. The SMILES string of the molecule is Clc1cccnc1NC1CCN2CCCCC12. The lowest BCUT2D eigenvalue weighted by Crippen LogP contribution is -2.41. The second-order valence-corrected chi connectivity index (χ2v) is 5.38. The first kappa shape index (κ1) is 11.3. The number of hydrogen-bond donors (Lipinski definition) is 1. The molecule has 2 aliphatic heterocycles. The third kappa shape index (κ3) is 2.26. The molecule has 1 aromatic heterocycles. The van der Waals surface area contributed by atoms with Crippen LogP contribution in [0.2, 0.25) is 5.02 Å². The van der Waals surface area contributed by atoms with E-state index in [-0.39, 0.29) is 0 Å². The monoisotopic (exact) mass is 251 g/mol. The van der Waals surface area contributed by atoms with Gasteiger partial charge in [-0.3, -0.25) is 4.90 Å². The molecule has 0 aliphatic carbocycles. The Kier molecular flexibility index (Phi) is 3.21. The maximum absolute atomic E-state index is 6.14. The van der Waals surface area contributed by atoms with Crippen molar-refractivity contribution in [2.24, 2.45) is 0 Å². The van der Waals surface area contributed by atoms with Crippen molar-refractivity contribution in [3.8, 4) is 0 Å². The molecule has 2 aliphatic rings. The van der Waals surface area contributed by atoms with E-state index in [4.69, 9.17) is 11.6 Å². The van der Waals surface area contributed by atoms with E-state index in [1.165, 1.54) is 38.8 Å². The summed E-state index contributed by atoms with van der Waals surface area (Å²) < 4.78 is 0. The maximum atomic E-state index is 6.14. The van der Waals surface area contributed by atoms with Gasteiger partial charge in [0.2, 0.25) is 0 Å². The van der Waals surface area contributed by atoms with Crippen LogP contribution in [-0.4, -0.2) is 35.1 Å². The summed E-state index contributed by atoms with van der Waals surface area (Å²) in [6.07, 6.45) is 7.02. The van der Waals surface area contributed by atoms with Crippen LogP contribution in [0.15, 0.2) is 18.3 Å². The zero-order valence-corrected chi connectivity index (χ0v) is 10.7. The highest BCUT2D eigenvalue weighted by atomic mass is 35.5. The van der Waals surface area contributed by atoms with Crippen molar-refractivity contribution in [1.82, 2.24) is 9.88 Å². The standard InChI is InChI=1S/C13H18ClN3/c14-10-4-3-7-15-13(10)16-11-6-9-17-8-2-1-5-12(11)17/h3-4,7,11-12H,1-2,5-6,8-9H2,(H,15,16). The van der Waals surface area contributed by atoms with Crippen LogP contribution in [0.25, 0.3) is 0 Å². The highest BCUT2D eigenvalue weighted by molar-refractivity contribution is 6.32. The summed E-state index contributed by atoms with van der Waals surface area (Å²) in [4.78, 5) is 6.93. The van der Waals surface area contributed by atoms with Gasteiger partial charge >= 0.3 is 0 Å². The van der Waals surface area contributed by atoms with Crippen LogP contribution in [0, 0.1) is 0 Å². The second kappa shape index (κ2) is 4.83. The number of halogens is 1. The molecule has 0 radical (unpaired) electrons. The first-order chi connectivity index (χ1) is 8.34. The van der Waals surface area contributed by atoms with Crippen LogP contribution in [0.4, 0.5) is 5.82 Å². The van der Waals surface area contributed by atoms with Gasteiger partial charge in [0, 0.05) is 24.8 Å². The van der Waals surface area contributed by atoms with Crippen molar-refractivity contribution in [2.75, 3.05) is 18.4 Å². The number of fused-ring (bicyclic) bond motifs is 1. The van der Waals surface area contributed by atoms with Gasteiger partial charge in [0.1, 0.15) is 5.82 Å². The molecular formula is C13H18ClN3. The molecule has 0 bridgehead atoms. The molecule has 3 heterocycles. The van der Waals surface area contributed by atoms with Crippen LogP contribution >= 0.6 is 11.6 Å². The average Bonchev–Trinajstić information content (AvgIpc) is 2.76. The smallest absolute Gasteiger partial charge is 0.145 e. The normalized spacial score (nSPS) is 29.0. The van der Waals surface area contributed by atoms with Crippen molar-refractivity contribution in [2.45, 2.75) is 37.8 Å². The number of hydrogen-bond acceptors (Lipinski definition) is 3. The molecular weight excluding hydrogens is 234 g/mol. The van der Waals surface area contributed by atoms with Crippen LogP contribution in [0.5, 0.6) is 0 Å². The van der Waals surface area contributed by atoms with E-state index in [0.29, 0.717) is 12.1 Å². The van der Waals surface area contributed by atoms with Crippen molar-refractivity contribution >= 4 is 17.4 Å². The fourth-order valence-corrected chi connectivity index (χ4v) is 3.26. The average molecular weight is 252 g/mol. The van der Waals surface area contributed by atoms with Gasteiger partial charge in [0.15, 0.2) is 0 Å². The molecule has 0 aromatic carbocycles. The lowest BCUT2D eigenvalue weighted by atomic mass is 9.99. The zero-order valence-electron chi connectivity index (χ0n) is 9.90. The fraction of sp³-hybridized carbons (Fsp3) is 0.615. The van der Waals surface area contributed by atoms with E-state index in [1.54, 1.807) is 6.20 Å². The molecule has 2 saturated heterocycles. The minimum atomic E-state index is 0.516. The molecule has 2 fully saturated rings. The molecule has 0 amide bonds. The Labute approximate surface area is 107 Å². The number of nitrogens with one attached hydrogen (secondary N) is 1. The van der Waals surface area contributed by atoms with Crippen LogP contribution < -0.4 is 5.32 Å². The van der Waals surface area contributed by atoms with Crippen molar-refractivity contribution < 1.29 is 0 Å². The molecule has 2 unspecified atom stereocenters. The van der Waals surface area contributed by atoms with Gasteiger partial charge in [-0.2, -0.15) is 0 Å². The Morgan fingerprint density at radius 2 is 2.24 bits per heavy atom. The molecule has 0 spiro atoms. The van der Waals surface area contributed by atoms with Gasteiger partial charge in [-0.15, -0.1) is 0 Å². The quantitative estimate of drug-likeness (QED) is 0.876. The third-order valence-corrected chi connectivity index (χ3v) is 4.24. The van der Waals surface area contributed by atoms with E-state index < -0.39 is 0 Å². The lowest BCUT2D eigenvalue weighted by Gasteiger charge is -2.32. The first-order valence-corrected chi connectivity index (χ1v) is 6.83. The van der Waals surface area contributed by atoms with E-state index in [9.17, 15) is 0 Å². The molecule has 3 rings (SSSR count). The molecule has 0 saturated carbocycles. The highest BCUT2D eigenvalue weighted by Gasteiger charge is 2.35. The molecule has 1 aromatic rings. The first-order valence-electron chi connectivity index (χ1n) is 6.46. The Morgan fingerprint density at radius 1 is 1.29 bits per heavy atom. The van der Waals surface area contributed by atoms with Gasteiger partial charge in [-0.25, -0.2) is 4.98 Å². The predicted molar refractivity (Wildman–Crippen MR) is 70.5 cm³/mol. The van der Waals surface area contributed by atoms with Gasteiger partial charge in [0.25, 0.3) is 0 Å². The minimum Gasteiger partial charge on any atom is -0.364 e. The summed E-state index contributed by atoms with van der Waals surface area (Å²) >= 11 is 6.14. The Hall–Kier alpha value is -0.800. The number of rotatable bonds is 2. The minimum absolute atomic E-state index is 0.516. The van der Waals surface area contributed by atoms with Crippen molar-refractivity contribution in [3.05, 3.63) is 23.4 Å².